The number of hydrogen-bond acceptors (Lipinski definition) is 6. The van der Waals surface area contributed by atoms with Gasteiger partial charge in [-0.05, 0) is 0 Å². The maximum absolute atomic E-state index is 8.68. The van der Waals surface area contributed by atoms with Crippen molar-refractivity contribution in [2.45, 2.75) is 6.54 Å². The van der Waals surface area contributed by atoms with Gasteiger partial charge in [-0.15, -0.1) is 11.3 Å². The Hall–Kier alpha value is -1.16. The molecule has 0 spiro atoms. The van der Waals surface area contributed by atoms with Gasteiger partial charge in [0.05, 0.1) is 6.54 Å². The Morgan fingerprint density at radius 2 is 2.47 bits per heavy atom. The summed E-state index contributed by atoms with van der Waals surface area (Å²) < 4.78 is 0. The lowest BCUT2D eigenvalue weighted by molar-refractivity contribution is 1.09. The van der Waals surface area contributed by atoms with Gasteiger partial charge in [-0.3, -0.25) is 0 Å². The molecule has 2 aromatic rings. The zero-order valence-electron chi connectivity index (χ0n) is 7.40. The van der Waals surface area contributed by atoms with E-state index in [1.165, 1.54) is 11.3 Å². The number of halogens is 1. The quantitative estimate of drug-likeness (QED) is 0.917. The molecule has 0 aromatic carbocycles. The molecule has 0 bridgehead atoms. The van der Waals surface area contributed by atoms with Crippen LogP contribution >= 0.6 is 34.3 Å². The fourth-order valence-electron chi connectivity index (χ4n) is 0.938. The third-order valence-corrected chi connectivity index (χ3v) is 3.64. The van der Waals surface area contributed by atoms with Crippen LogP contribution in [0.2, 0.25) is 5.15 Å². The molecular weight excluding hydrogens is 252 g/mol. The number of aromatic nitrogens is 2. The van der Waals surface area contributed by atoms with E-state index >= 15 is 0 Å². The lowest BCUT2D eigenvalue weighted by Crippen LogP contribution is -1.97. The van der Waals surface area contributed by atoms with Gasteiger partial charge in [0.2, 0.25) is 0 Å². The van der Waals surface area contributed by atoms with Crippen molar-refractivity contribution in [3.05, 3.63) is 26.6 Å². The van der Waals surface area contributed by atoms with Crippen molar-refractivity contribution >= 4 is 39.4 Å². The van der Waals surface area contributed by atoms with E-state index in [9.17, 15) is 0 Å². The average molecular weight is 257 g/mol. The molecule has 4 nitrogen and oxygen atoms in total. The van der Waals surface area contributed by atoms with Gasteiger partial charge < -0.3 is 5.32 Å². The van der Waals surface area contributed by atoms with Crippen LogP contribution in [-0.2, 0) is 6.54 Å². The van der Waals surface area contributed by atoms with Gasteiger partial charge in [-0.2, -0.15) is 5.26 Å². The standard InChI is InChI=1S/C8H5ClN4S2/c9-7-5(3-10)15-8(13-7)12-4-6-11-1-2-14-6/h1-2H,4H2,(H,12,13). The summed E-state index contributed by atoms with van der Waals surface area (Å²) >= 11 is 8.54. The number of anilines is 1. The van der Waals surface area contributed by atoms with Crippen LogP contribution in [0.3, 0.4) is 0 Å². The van der Waals surface area contributed by atoms with E-state index in [0.29, 0.717) is 16.6 Å². The van der Waals surface area contributed by atoms with E-state index in [2.05, 4.69) is 15.3 Å². The molecule has 2 heterocycles. The van der Waals surface area contributed by atoms with E-state index in [0.717, 1.165) is 5.01 Å². The highest BCUT2D eigenvalue weighted by molar-refractivity contribution is 7.16. The van der Waals surface area contributed by atoms with Gasteiger partial charge in [-0.25, -0.2) is 9.97 Å². The Morgan fingerprint density at radius 3 is 3.07 bits per heavy atom. The summed E-state index contributed by atoms with van der Waals surface area (Å²) in [5.74, 6) is 0. The largest absolute Gasteiger partial charge is 0.355 e. The predicted molar refractivity (Wildman–Crippen MR) is 61.3 cm³/mol. The molecular formula is C8H5ClN4S2. The highest BCUT2D eigenvalue weighted by atomic mass is 35.5. The minimum absolute atomic E-state index is 0.254. The van der Waals surface area contributed by atoms with Crippen molar-refractivity contribution in [1.82, 2.24) is 9.97 Å². The summed E-state index contributed by atoms with van der Waals surface area (Å²) in [5.41, 5.74) is 0. The number of hydrogen-bond donors (Lipinski definition) is 1. The molecule has 0 aliphatic rings. The van der Waals surface area contributed by atoms with E-state index in [1.54, 1.807) is 17.5 Å². The van der Waals surface area contributed by atoms with Crippen LogP contribution < -0.4 is 5.32 Å². The number of nitriles is 1. The van der Waals surface area contributed by atoms with Crippen LogP contribution in [0, 0.1) is 11.3 Å². The first kappa shape index (κ1) is 10.4. The van der Waals surface area contributed by atoms with Gasteiger partial charge in [0, 0.05) is 11.6 Å². The summed E-state index contributed by atoms with van der Waals surface area (Å²) in [7, 11) is 0. The Kier molecular flexibility index (Phi) is 3.16. The first-order valence-corrected chi connectivity index (χ1v) is 6.05. The maximum Gasteiger partial charge on any atom is 0.185 e. The molecule has 15 heavy (non-hydrogen) atoms. The van der Waals surface area contributed by atoms with E-state index in [1.807, 2.05) is 11.4 Å². The molecule has 0 radical (unpaired) electrons. The Balaban J connectivity index is 2.03. The number of rotatable bonds is 3. The SMILES string of the molecule is N#Cc1sc(NCc2nccs2)nc1Cl. The highest BCUT2D eigenvalue weighted by Crippen LogP contribution is 2.26. The number of nitrogens with one attached hydrogen (secondary N) is 1. The van der Waals surface area contributed by atoms with Gasteiger partial charge in [-0.1, -0.05) is 22.9 Å². The second kappa shape index (κ2) is 4.57. The van der Waals surface area contributed by atoms with Crippen molar-refractivity contribution in [3.63, 3.8) is 0 Å². The van der Waals surface area contributed by atoms with Crippen molar-refractivity contribution in [3.8, 4) is 6.07 Å². The monoisotopic (exact) mass is 256 g/mol. The van der Waals surface area contributed by atoms with Crippen LogP contribution in [0.4, 0.5) is 5.13 Å². The first-order chi connectivity index (χ1) is 7.29. The van der Waals surface area contributed by atoms with Gasteiger partial charge >= 0.3 is 0 Å². The van der Waals surface area contributed by atoms with Crippen LogP contribution in [0.1, 0.15) is 9.88 Å². The second-order valence-corrected chi connectivity index (χ2v) is 4.87. The summed E-state index contributed by atoms with van der Waals surface area (Å²) in [6, 6.07) is 1.98. The summed E-state index contributed by atoms with van der Waals surface area (Å²) in [6.07, 6.45) is 1.75. The molecule has 0 aliphatic carbocycles. The molecule has 76 valence electrons. The lowest BCUT2D eigenvalue weighted by Gasteiger charge is -1.96. The van der Waals surface area contributed by atoms with Crippen molar-refractivity contribution < 1.29 is 0 Å². The van der Waals surface area contributed by atoms with Crippen LogP contribution in [-0.4, -0.2) is 9.97 Å². The fraction of sp³-hybridized carbons (Fsp3) is 0.125. The molecule has 2 rings (SSSR count). The summed E-state index contributed by atoms with van der Waals surface area (Å²) in [5, 5.41) is 15.5. The third-order valence-electron chi connectivity index (χ3n) is 1.56. The topological polar surface area (TPSA) is 61.6 Å². The number of nitrogens with zero attached hydrogens (tertiary/aromatic N) is 3. The molecule has 0 saturated heterocycles. The molecule has 0 unspecified atom stereocenters. The van der Waals surface area contributed by atoms with E-state index in [-0.39, 0.29) is 5.15 Å². The smallest absolute Gasteiger partial charge is 0.185 e. The average Bonchev–Trinajstić information content (AvgIpc) is 2.83. The van der Waals surface area contributed by atoms with Crippen molar-refractivity contribution in [2.75, 3.05) is 5.32 Å². The summed E-state index contributed by atoms with van der Waals surface area (Å²) in [4.78, 5) is 8.55. The van der Waals surface area contributed by atoms with Gasteiger partial charge in [0.1, 0.15) is 16.0 Å². The van der Waals surface area contributed by atoms with E-state index < -0.39 is 0 Å². The Labute approximate surface area is 99.2 Å². The van der Waals surface area contributed by atoms with Gasteiger partial charge in [0.15, 0.2) is 10.3 Å². The molecule has 7 heteroatoms. The van der Waals surface area contributed by atoms with Crippen LogP contribution in [0.15, 0.2) is 11.6 Å². The molecule has 1 N–H and O–H groups in total. The fourth-order valence-corrected chi connectivity index (χ4v) is 2.44. The van der Waals surface area contributed by atoms with Crippen LogP contribution in [0.25, 0.3) is 0 Å². The molecule has 2 aromatic heterocycles. The third kappa shape index (κ3) is 2.45. The summed E-state index contributed by atoms with van der Waals surface area (Å²) in [6.45, 7) is 0.604. The minimum Gasteiger partial charge on any atom is -0.355 e. The zero-order valence-corrected chi connectivity index (χ0v) is 9.79. The maximum atomic E-state index is 8.68. The van der Waals surface area contributed by atoms with Crippen molar-refractivity contribution in [2.24, 2.45) is 0 Å². The van der Waals surface area contributed by atoms with E-state index in [4.69, 9.17) is 16.9 Å². The Bertz CT molecular complexity index is 485. The first-order valence-electron chi connectivity index (χ1n) is 3.98. The molecule has 0 fully saturated rings. The molecule has 0 aliphatic heterocycles. The van der Waals surface area contributed by atoms with Crippen molar-refractivity contribution in [1.29, 1.82) is 5.26 Å². The van der Waals surface area contributed by atoms with Gasteiger partial charge in [0.25, 0.3) is 0 Å². The second-order valence-electron chi connectivity index (χ2n) is 2.53. The molecule has 0 saturated carbocycles. The number of thiazole rings is 2. The Morgan fingerprint density at radius 1 is 1.60 bits per heavy atom. The minimum atomic E-state index is 0.254. The normalized spacial score (nSPS) is 9.87. The zero-order chi connectivity index (χ0) is 10.7. The lowest BCUT2D eigenvalue weighted by atomic mass is 10.6. The molecule has 0 amide bonds. The van der Waals surface area contributed by atoms with Crippen LogP contribution in [0.5, 0.6) is 0 Å². The predicted octanol–water partition coefficient (Wildman–Crippen LogP) is 2.74. The molecule has 0 atom stereocenters. The highest BCUT2D eigenvalue weighted by Gasteiger charge is 2.08.